The van der Waals surface area contributed by atoms with Crippen LogP contribution in [0.4, 0.5) is 0 Å². The summed E-state index contributed by atoms with van der Waals surface area (Å²) in [5.74, 6) is 0. The molecule has 0 aromatic heterocycles. The number of nitrogens with zero attached hydrogens (tertiary/aromatic N) is 1. The third-order valence-electron chi connectivity index (χ3n) is 2.48. The van der Waals surface area contributed by atoms with E-state index in [9.17, 15) is 0 Å². The van der Waals surface area contributed by atoms with Crippen LogP contribution in [0, 0.1) is 6.92 Å². The molecule has 0 aliphatic carbocycles. The van der Waals surface area contributed by atoms with Gasteiger partial charge >= 0.3 is 18.9 Å². The van der Waals surface area contributed by atoms with Crippen LogP contribution in [0.2, 0.25) is 0 Å². The van der Waals surface area contributed by atoms with E-state index >= 15 is 0 Å². The zero-order valence-electron chi connectivity index (χ0n) is 8.97. The molecule has 70 valence electrons. The number of likely N-dealkylation sites (tertiary alicyclic amines) is 1. The predicted molar refractivity (Wildman–Crippen MR) is 54.0 cm³/mol. The SMILES string of the molecule is [CH2-]C=CCN1CCCCCCC1.[Li+]. The standard InChI is InChI=1S/C11H20N.Li/c1-2-3-9-12-10-7-5-4-6-8-11-12;/h2-3H,1,4-11H2;/q-1;+1. The van der Waals surface area contributed by atoms with Crippen LogP contribution in [0.15, 0.2) is 12.2 Å². The van der Waals surface area contributed by atoms with Crippen molar-refractivity contribution in [1.82, 2.24) is 4.90 Å². The molecule has 0 radical (unpaired) electrons. The second kappa shape index (κ2) is 8.75. The van der Waals surface area contributed by atoms with Gasteiger partial charge in [0.25, 0.3) is 0 Å². The molecule has 0 unspecified atom stereocenters. The minimum Gasteiger partial charge on any atom is -0.316 e. The Kier molecular flexibility index (Phi) is 8.86. The Morgan fingerprint density at radius 3 is 2.08 bits per heavy atom. The van der Waals surface area contributed by atoms with Crippen molar-refractivity contribution >= 4 is 0 Å². The zero-order chi connectivity index (χ0) is 8.65. The van der Waals surface area contributed by atoms with Crippen molar-refractivity contribution in [2.45, 2.75) is 32.1 Å². The quantitative estimate of drug-likeness (QED) is 0.407. The molecule has 13 heavy (non-hydrogen) atoms. The van der Waals surface area contributed by atoms with Crippen LogP contribution < -0.4 is 18.9 Å². The second-order valence-corrected chi connectivity index (χ2v) is 3.54. The average Bonchev–Trinajstić information content (AvgIpc) is 2.02. The summed E-state index contributed by atoms with van der Waals surface area (Å²) in [5, 5.41) is 0. The molecule has 1 heterocycles. The van der Waals surface area contributed by atoms with E-state index in [1.54, 1.807) is 0 Å². The van der Waals surface area contributed by atoms with E-state index in [0.29, 0.717) is 0 Å². The van der Waals surface area contributed by atoms with Gasteiger partial charge in [0.2, 0.25) is 0 Å². The Bertz CT molecular complexity index is 126. The van der Waals surface area contributed by atoms with Gasteiger partial charge in [-0.3, -0.25) is 0 Å². The molecular weight excluding hydrogens is 153 g/mol. The van der Waals surface area contributed by atoms with Crippen molar-refractivity contribution in [2.75, 3.05) is 19.6 Å². The molecule has 1 saturated heterocycles. The molecule has 1 aliphatic heterocycles. The number of hydrogen-bond donors (Lipinski definition) is 0. The minimum atomic E-state index is 0. The predicted octanol–water partition coefficient (Wildman–Crippen LogP) is -0.353. The van der Waals surface area contributed by atoms with Gasteiger partial charge in [-0.15, -0.1) is 0 Å². The number of hydrogen-bond acceptors (Lipinski definition) is 1. The fourth-order valence-corrected chi connectivity index (χ4v) is 1.72. The largest absolute Gasteiger partial charge is 1.00 e. The Balaban J connectivity index is 0.00000144. The molecule has 0 aromatic rings. The first kappa shape index (κ1) is 13.2. The first-order valence-electron chi connectivity index (χ1n) is 5.10. The van der Waals surface area contributed by atoms with Crippen molar-refractivity contribution in [1.29, 1.82) is 0 Å². The van der Waals surface area contributed by atoms with Crippen molar-refractivity contribution < 1.29 is 18.9 Å². The van der Waals surface area contributed by atoms with Gasteiger partial charge in [0.1, 0.15) is 0 Å². The molecule has 0 bridgehead atoms. The molecule has 0 atom stereocenters. The van der Waals surface area contributed by atoms with Gasteiger partial charge < -0.3 is 4.90 Å². The van der Waals surface area contributed by atoms with Crippen LogP contribution in [-0.4, -0.2) is 24.5 Å². The van der Waals surface area contributed by atoms with E-state index in [2.05, 4.69) is 17.9 Å². The van der Waals surface area contributed by atoms with E-state index in [1.165, 1.54) is 45.2 Å². The third-order valence-corrected chi connectivity index (χ3v) is 2.48. The summed E-state index contributed by atoms with van der Waals surface area (Å²) in [7, 11) is 0. The van der Waals surface area contributed by atoms with Gasteiger partial charge in [0, 0.05) is 0 Å². The van der Waals surface area contributed by atoms with Crippen LogP contribution in [0.5, 0.6) is 0 Å². The van der Waals surface area contributed by atoms with Crippen molar-refractivity contribution in [3.63, 3.8) is 0 Å². The zero-order valence-corrected chi connectivity index (χ0v) is 8.97. The van der Waals surface area contributed by atoms with E-state index in [4.69, 9.17) is 0 Å². The molecule has 0 saturated carbocycles. The number of allylic oxidation sites excluding steroid dienone is 1. The molecule has 0 spiro atoms. The maximum atomic E-state index is 3.70. The van der Waals surface area contributed by atoms with Crippen LogP contribution in [0.3, 0.4) is 0 Å². The molecule has 0 aromatic carbocycles. The summed E-state index contributed by atoms with van der Waals surface area (Å²) < 4.78 is 0. The first-order valence-corrected chi connectivity index (χ1v) is 5.10. The van der Waals surface area contributed by atoms with E-state index < -0.39 is 0 Å². The Hall–Kier alpha value is 0.167. The molecule has 0 amide bonds. The van der Waals surface area contributed by atoms with Gasteiger partial charge in [0.05, 0.1) is 0 Å². The summed E-state index contributed by atoms with van der Waals surface area (Å²) in [6, 6.07) is 0. The molecule has 0 N–H and O–H groups in total. The maximum Gasteiger partial charge on any atom is 1.00 e. The Morgan fingerprint density at radius 1 is 1.00 bits per heavy atom. The fourth-order valence-electron chi connectivity index (χ4n) is 1.72. The van der Waals surface area contributed by atoms with E-state index in [-0.39, 0.29) is 18.9 Å². The Morgan fingerprint density at radius 2 is 1.54 bits per heavy atom. The monoisotopic (exact) mass is 173 g/mol. The van der Waals surface area contributed by atoms with Gasteiger partial charge in [0.15, 0.2) is 0 Å². The van der Waals surface area contributed by atoms with Crippen molar-refractivity contribution in [2.24, 2.45) is 0 Å². The molecule has 1 rings (SSSR count). The molecule has 2 heteroatoms. The van der Waals surface area contributed by atoms with Crippen LogP contribution in [0.25, 0.3) is 0 Å². The Labute approximate surface area is 94.8 Å². The molecule has 1 nitrogen and oxygen atoms in total. The van der Waals surface area contributed by atoms with Crippen LogP contribution in [-0.2, 0) is 0 Å². The van der Waals surface area contributed by atoms with E-state index in [0.717, 1.165) is 6.54 Å². The molecule has 1 aliphatic rings. The number of rotatable bonds is 2. The average molecular weight is 173 g/mol. The van der Waals surface area contributed by atoms with Crippen LogP contribution >= 0.6 is 0 Å². The summed E-state index contributed by atoms with van der Waals surface area (Å²) >= 11 is 0. The summed E-state index contributed by atoms with van der Waals surface area (Å²) in [4.78, 5) is 2.53. The van der Waals surface area contributed by atoms with Crippen molar-refractivity contribution in [3.8, 4) is 0 Å². The van der Waals surface area contributed by atoms with E-state index in [1.807, 2.05) is 6.08 Å². The second-order valence-electron chi connectivity index (χ2n) is 3.54. The maximum absolute atomic E-state index is 3.70. The fraction of sp³-hybridized carbons (Fsp3) is 0.727. The smallest absolute Gasteiger partial charge is 0.316 e. The van der Waals surface area contributed by atoms with Gasteiger partial charge in [-0.25, -0.2) is 19.1 Å². The minimum absolute atomic E-state index is 0. The van der Waals surface area contributed by atoms with Crippen LogP contribution in [0.1, 0.15) is 32.1 Å². The first-order chi connectivity index (χ1) is 5.93. The summed E-state index contributed by atoms with van der Waals surface area (Å²) in [5.41, 5.74) is 0. The van der Waals surface area contributed by atoms with Gasteiger partial charge in [-0.1, -0.05) is 19.3 Å². The third kappa shape index (κ3) is 6.27. The summed E-state index contributed by atoms with van der Waals surface area (Å²) in [6.45, 7) is 7.37. The summed E-state index contributed by atoms with van der Waals surface area (Å²) in [6.07, 6.45) is 11.1. The normalized spacial score (nSPS) is 20.6. The van der Waals surface area contributed by atoms with Gasteiger partial charge in [-0.05, 0) is 32.5 Å². The topological polar surface area (TPSA) is 3.24 Å². The molecular formula is C11H20LiN. The van der Waals surface area contributed by atoms with Gasteiger partial charge in [-0.2, -0.15) is 0 Å². The molecule has 1 fully saturated rings. The van der Waals surface area contributed by atoms with Crippen molar-refractivity contribution in [3.05, 3.63) is 19.1 Å².